The summed E-state index contributed by atoms with van der Waals surface area (Å²) in [4.78, 5) is 5.02. The Labute approximate surface area is 199 Å². The first-order chi connectivity index (χ1) is 15.8. The Bertz CT molecular complexity index is 948. The van der Waals surface area contributed by atoms with Crippen molar-refractivity contribution in [3.8, 4) is 0 Å². The molecule has 0 amide bonds. The highest BCUT2D eigenvalue weighted by Gasteiger charge is 2.22. The van der Waals surface area contributed by atoms with E-state index < -0.39 is 6.18 Å². The molecule has 0 N–H and O–H groups in total. The summed E-state index contributed by atoms with van der Waals surface area (Å²) >= 11 is 1.79. The van der Waals surface area contributed by atoms with Gasteiger partial charge in [0.1, 0.15) is 6.73 Å². The Morgan fingerprint density at radius 3 is 2.42 bits per heavy atom. The van der Waals surface area contributed by atoms with Crippen LogP contribution in [-0.2, 0) is 11.5 Å². The molecule has 0 saturated heterocycles. The van der Waals surface area contributed by atoms with Gasteiger partial charge in [-0.3, -0.25) is 0 Å². The summed E-state index contributed by atoms with van der Waals surface area (Å²) in [6, 6.07) is 18.3. The zero-order valence-corrected chi connectivity index (χ0v) is 20.0. The molecule has 0 fully saturated rings. The maximum Gasteiger partial charge on any atom is 0.409 e. The quantitative estimate of drug-likeness (QED) is 0.223. The Balaban J connectivity index is 0.000000405. The first-order valence-corrected chi connectivity index (χ1v) is 11.7. The summed E-state index contributed by atoms with van der Waals surface area (Å²) in [6.07, 6.45) is 3.64. The molecular weight excluding hydrogens is 444 g/mol. The summed E-state index contributed by atoms with van der Waals surface area (Å²) in [5.74, 6) is 0. The van der Waals surface area contributed by atoms with Crippen molar-refractivity contribution in [2.75, 3.05) is 7.11 Å². The number of thioether (sulfide) groups is 1. The van der Waals surface area contributed by atoms with E-state index >= 15 is 0 Å². The Morgan fingerprint density at radius 2 is 1.82 bits per heavy atom. The van der Waals surface area contributed by atoms with Crippen LogP contribution in [0, 0.1) is 0 Å². The van der Waals surface area contributed by atoms with E-state index in [0.717, 1.165) is 10.9 Å². The summed E-state index contributed by atoms with van der Waals surface area (Å²) in [6.45, 7) is 4.97. The monoisotopic (exact) mass is 474 g/mol. The topological polar surface area (TPSA) is 27.1 Å². The van der Waals surface area contributed by atoms with Gasteiger partial charge in [0.25, 0.3) is 0 Å². The van der Waals surface area contributed by atoms with Gasteiger partial charge in [0.15, 0.2) is 0 Å². The smallest absolute Gasteiger partial charge is 0.364 e. The highest BCUT2D eigenvalue weighted by molar-refractivity contribution is 7.99. The second-order valence-corrected chi connectivity index (χ2v) is 9.37. The van der Waals surface area contributed by atoms with Gasteiger partial charge in [-0.25, -0.2) is 4.98 Å². The third-order valence-electron chi connectivity index (χ3n) is 4.60. The zero-order valence-electron chi connectivity index (χ0n) is 19.2. The summed E-state index contributed by atoms with van der Waals surface area (Å²) in [5, 5.41) is 0.486. The number of hydrogen-bond acceptors (Lipinski definition) is 3. The molecule has 0 radical (unpaired) electrons. The van der Waals surface area contributed by atoms with Crippen LogP contribution in [0.2, 0.25) is 6.32 Å². The number of imidazole rings is 1. The molecule has 0 spiro atoms. The van der Waals surface area contributed by atoms with Gasteiger partial charge >= 0.3 is 6.18 Å². The van der Waals surface area contributed by atoms with E-state index in [0.29, 0.717) is 30.8 Å². The number of ether oxygens (including phenoxy) is 1. The number of halogens is 3. The SMILES string of the molecule is CC(C)Sc1cccc(B(CCC=CC(F)(F)F)c2ccccc2)c1.COCn1ccnc1. The molecule has 176 valence electrons. The van der Waals surface area contributed by atoms with Crippen molar-refractivity contribution in [3.05, 3.63) is 85.5 Å². The van der Waals surface area contributed by atoms with E-state index in [-0.39, 0.29) is 6.71 Å². The molecule has 0 aliphatic heterocycles. The molecule has 1 heterocycles. The van der Waals surface area contributed by atoms with Crippen molar-refractivity contribution in [1.29, 1.82) is 0 Å². The summed E-state index contributed by atoms with van der Waals surface area (Å²) in [5.41, 5.74) is 2.28. The molecule has 0 aliphatic carbocycles. The van der Waals surface area contributed by atoms with Gasteiger partial charge in [-0.1, -0.05) is 85.7 Å². The van der Waals surface area contributed by atoms with E-state index in [1.165, 1.54) is 11.0 Å². The van der Waals surface area contributed by atoms with Gasteiger partial charge in [0.2, 0.25) is 6.71 Å². The van der Waals surface area contributed by atoms with Crippen molar-refractivity contribution in [2.45, 2.75) is 49.6 Å². The molecule has 3 nitrogen and oxygen atoms in total. The Kier molecular flexibility index (Phi) is 11.3. The molecule has 0 saturated carbocycles. The number of hydrogen-bond donors (Lipinski definition) is 0. The Hall–Kier alpha value is -2.45. The predicted molar refractivity (Wildman–Crippen MR) is 133 cm³/mol. The Morgan fingerprint density at radius 1 is 1.09 bits per heavy atom. The van der Waals surface area contributed by atoms with Crippen LogP contribution in [0.25, 0.3) is 0 Å². The van der Waals surface area contributed by atoms with E-state index in [1.54, 1.807) is 31.4 Å². The summed E-state index contributed by atoms with van der Waals surface area (Å²) in [7, 11) is 1.65. The number of methoxy groups -OCH3 is 1. The van der Waals surface area contributed by atoms with Crippen molar-refractivity contribution < 1.29 is 17.9 Å². The van der Waals surface area contributed by atoms with E-state index in [4.69, 9.17) is 4.74 Å². The number of aromatic nitrogens is 2. The molecule has 0 atom stereocenters. The molecular formula is C25H30BF3N2OS. The lowest BCUT2D eigenvalue weighted by atomic mass is 9.38. The minimum Gasteiger partial charge on any atom is -0.364 e. The first-order valence-electron chi connectivity index (χ1n) is 10.8. The van der Waals surface area contributed by atoms with Crippen molar-refractivity contribution in [3.63, 3.8) is 0 Å². The lowest BCUT2D eigenvalue weighted by molar-refractivity contribution is -0.0800. The number of benzene rings is 2. The number of alkyl halides is 3. The lowest BCUT2D eigenvalue weighted by Gasteiger charge is -2.15. The van der Waals surface area contributed by atoms with Crippen LogP contribution in [0.3, 0.4) is 0 Å². The van der Waals surface area contributed by atoms with Gasteiger partial charge in [0, 0.05) is 35.7 Å². The van der Waals surface area contributed by atoms with Gasteiger partial charge in [-0.15, -0.1) is 11.8 Å². The molecule has 3 rings (SSSR count). The van der Waals surface area contributed by atoms with Crippen LogP contribution in [0.1, 0.15) is 20.3 Å². The largest absolute Gasteiger partial charge is 0.409 e. The standard InChI is InChI=1S/C20H22BF3S.C5H8N2O/c1-16(2)25-19-12-8-11-18(15-19)21(17-9-4-3-5-10-17)14-7-6-13-20(22,23)24;1-8-5-7-3-2-6-4-7/h3-6,8-13,15-16H,7,14H2,1-2H3;2-4H,5H2,1H3. The summed E-state index contributed by atoms with van der Waals surface area (Å²) < 4.78 is 43.6. The fourth-order valence-electron chi connectivity index (χ4n) is 3.28. The van der Waals surface area contributed by atoms with Gasteiger partial charge in [-0.2, -0.15) is 13.2 Å². The van der Waals surface area contributed by atoms with Crippen molar-refractivity contribution >= 4 is 29.4 Å². The highest BCUT2D eigenvalue weighted by Crippen LogP contribution is 2.22. The molecule has 8 heteroatoms. The molecule has 33 heavy (non-hydrogen) atoms. The fraction of sp³-hybridized carbons (Fsp3) is 0.320. The normalized spacial score (nSPS) is 11.5. The van der Waals surface area contributed by atoms with E-state index in [1.807, 2.05) is 47.2 Å². The number of allylic oxidation sites excluding steroid dienone is 2. The third kappa shape index (κ3) is 10.8. The van der Waals surface area contributed by atoms with Crippen LogP contribution in [0.5, 0.6) is 0 Å². The lowest BCUT2D eigenvalue weighted by Crippen LogP contribution is -2.41. The van der Waals surface area contributed by atoms with Crippen LogP contribution in [0.4, 0.5) is 13.2 Å². The molecule has 1 aromatic heterocycles. The molecule has 3 aromatic rings. The number of rotatable bonds is 9. The average molecular weight is 474 g/mol. The predicted octanol–water partition coefficient (Wildman–Crippen LogP) is 5.79. The maximum atomic E-state index is 12.3. The second-order valence-electron chi connectivity index (χ2n) is 7.72. The molecule has 0 unspecified atom stereocenters. The molecule has 0 aliphatic rings. The van der Waals surface area contributed by atoms with Crippen LogP contribution in [-0.4, -0.2) is 34.8 Å². The van der Waals surface area contributed by atoms with Crippen molar-refractivity contribution in [1.82, 2.24) is 9.55 Å². The van der Waals surface area contributed by atoms with E-state index in [2.05, 4.69) is 37.0 Å². The minimum absolute atomic E-state index is 0.0896. The average Bonchev–Trinajstić information content (AvgIpc) is 3.27. The fourth-order valence-corrected chi connectivity index (χ4v) is 4.19. The van der Waals surface area contributed by atoms with Crippen LogP contribution in [0.15, 0.2) is 90.4 Å². The van der Waals surface area contributed by atoms with Gasteiger partial charge in [0.05, 0.1) is 6.33 Å². The molecule has 2 aromatic carbocycles. The maximum absolute atomic E-state index is 12.3. The van der Waals surface area contributed by atoms with E-state index in [9.17, 15) is 13.2 Å². The minimum atomic E-state index is -4.24. The van der Waals surface area contributed by atoms with Crippen LogP contribution < -0.4 is 10.9 Å². The highest BCUT2D eigenvalue weighted by atomic mass is 32.2. The second kappa shape index (κ2) is 14.0. The van der Waals surface area contributed by atoms with Crippen LogP contribution >= 0.6 is 11.8 Å². The zero-order chi connectivity index (χ0) is 24.1. The third-order valence-corrected chi connectivity index (χ3v) is 5.60. The first kappa shape index (κ1) is 26.8. The number of nitrogens with zero attached hydrogens (tertiary/aromatic N) is 2. The van der Waals surface area contributed by atoms with Gasteiger partial charge < -0.3 is 9.30 Å². The van der Waals surface area contributed by atoms with Gasteiger partial charge in [-0.05, 0) is 12.5 Å². The van der Waals surface area contributed by atoms with Crippen molar-refractivity contribution in [2.24, 2.45) is 0 Å². The molecule has 0 bridgehead atoms.